The van der Waals surface area contributed by atoms with Gasteiger partial charge in [0.1, 0.15) is 0 Å². The van der Waals surface area contributed by atoms with Gasteiger partial charge in [-0.1, -0.05) is 64.3 Å². The molecule has 0 N–H and O–H groups in total. The fourth-order valence-corrected chi connectivity index (χ4v) is 6.29. The second kappa shape index (κ2) is 20.7. The Morgan fingerprint density at radius 2 is 1.02 bits per heavy atom. The Labute approximate surface area is 292 Å². The molecule has 250 valence electrons. The Bertz CT molecular complexity index is 1540. The van der Waals surface area contributed by atoms with Gasteiger partial charge in [-0.05, 0) is 73.9 Å². The summed E-state index contributed by atoms with van der Waals surface area (Å²) in [7, 11) is 0. The molecule has 0 bridgehead atoms. The Balaban J connectivity index is 0.000000248. The van der Waals surface area contributed by atoms with E-state index in [-0.39, 0.29) is 18.7 Å². The van der Waals surface area contributed by atoms with Gasteiger partial charge >= 0.3 is 111 Å². The van der Waals surface area contributed by atoms with Crippen molar-refractivity contribution in [3.8, 4) is 0 Å². The standard InChI is InChI=1S/C28H36N2.2C7H7O.Pd/c1-4-7-12-22-14-10-17-24(19-22)27-21-26(16-9-6-3)28(30(27)29)25-18-11-15-23(20-25)13-8-5-2;2*8-6-7-4-2-1-3-5-7;/h10-11,14-15,17-21H,4-9,12-13,16H2,1-3H3;2*1-5H,6H2;/q;2*-1;+2. The molecule has 0 spiro atoms. The van der Waals surface area contributed by atoms with Crippen LogP contribution in [0.1, 0.15) is 99.1 Å². The Morgan fingerprint density at radius 1 is 0.553 bits per heavy atom. The quantitative estimate of drug-likeness (QED) is 0.0619. The van der Waals surface area contributed by atoms with Crippen LogP contribution in [0.15, 0.2) is 121 Å². The molecule has 0 saturated heterocycles. The molecular weight excluding hydrogens is 671 g/mol. The van der Waals surface area contributed by atoms with Gasteiger partial charge in [-0.2, -0.15) is 0 Å². The van der Waals surface area contributed by atoms with E-state index in [1.807, 2.05) is 60.7 Å². The normalized spacial score (nSPS) is 12.7. The van der Waals surface area contributed by atoms with Gasteiger partial charge in [0.05, 0.1) is 0 Å². The van der Waals surface area contributed by atoms with E-state index in [4.69, 9.17) is 6.92 Å². The minimum absolute atomic E-state index is 0.109. The van der Waals surface area contributed by atoms with Crippen molar-refractivity contribution in [3.05, 3.63) is 160 Å². The molecule has 5 heteroatoms. The zero-order valence-corrected chi connectivity index (χ0v) is 29.8. The van der Waals surface area contributed by atoms with Crippen LogP contribution in [0, 0.1) is 0 Å². The molecule has 1 aliphatic rings. The SMILES string of the molecule is CCCCC1=C(c2cccc(CCCC)c2)[N+](=[N-])C(c2cccc(CCCC)c2)=C1.c1ccc(C[O][Pd][O]Cc2ccccc2)cc1. The summed E-state index contributed by atoms with van der Waals surface area (Å²) < 4.78 is 12.4. The molecule has 0 fully saturated rings. The van der Waals surface area contributed by atoms with Crippen LogP contribution in [-0.4, -0.2) is 4.70 Å². The third kappa shape index (κ3) is 11.9. The van der Waals surface area contributed by atoms with E-state index in [2.05, 4.69) is 75.4 Å². The summed E-state index contributed by atoms with van der Waals surface area (Å²) in [5.74, 6) is 0. The van der Waals surface area contributed by atoms with Gasteiger partial charge in [-0.25, -0.2) is 4.70 Å². The van der Waals surface area contributed by atoms with Gasteiger partial charge < -0.3 is 5.53 Å². The van der Waals surface area contributed by atoms with E-state index in [9.17, 15) is 5.53 Å². The minimum atomic E-state index is -0.109. The van der Waals surface area contributed by atoms with Crippen LogP contribution in [0.2, 0.25) is 0 Å². The second-order valence-corrected chi connectivity index (χ2v) is 13.1. The molecule has 0 atom stereocenters. The number of hydrogen-bond donors (Lipinski definition) is 0. The summed E-state index contributed by atoms with van der Waals surface area (Å²) in [5, 5.41) is 0. The predicted molar refractivity (Wildman–Crippen MR) is 191 cm³/mol. The Morgan fingerprint density at radius 3 is 1.55 bits per heavy atom. The van der Waals surface area contributed by atoms with Crippen molar-refractivity contribution in [1.29, 1.82) is 0 Å². The first-order valence-corrected chi connectivity index (χ1v) is 18.4. The van der Waals surface area contributed by atoms with Gasteiger partial charge in [0.15, 0.2) is 0 Å². The molecule has 4 aromatic rings. The summed E-state index contributed by atoms with van der Waals surface area (Å²) in [5.41, 5.74) is 21.6. The summed E-state index contributed by atoms with van der Waals surface area (Å²) >= 11 is -0.109. The number of aryl methyl sites for hydroxylation is 2. The maximum absolute atomic E-state index is 11.3. The van der Waals surface area contributed by atoms with E-state index in [0.717, 1.165) is 54.6 Å². The molecule has 1 heterocycles. The first-order valence-electron chi connectivity index (χ1n) is 17.2. The van der Waals surface area contributed by atoms with Crippen molar-refractivity contribution >= 4 is 11.4 Å². The van der Waals surface area contributed by atoms with E-state index < -0.39 is 0 Å². The van der Waals surface area contributed by atoms with Crippen LogP contribution in [0.5, 0.6) is 0 Å². The molecular formula is C42H50N2O2Pd. The van der Waals surface area contributed by atoms with Crippen LogP contribution >= 0.6 is 0 Å². The number of rotatable bonds is 17. The fraction of sp³-hybridized carbons (Fsp3) is 0.333. The van der Waals surface area contributed by atoms with E-state index in [0.29, 0.717) is 13.2 Å². The van der Waals surface area contributed by atoms with Crippen molar-refractivity contribution in [1.82, 2.24) is 0 Å². The number of hydrogen-bond acceptors (Lipinski definition) is 2. The summed E-state index contributed by atoms with van der Waals surface area (Å²) in [4.78, 5) is 0. The molecule has 0 aliphatic carbocycles. The Hall–Kier alpha value is -3.46. The number of nitrogens with zero attached hydrogens (tertiary/aromatic N) is 2. The van der Waals surface area contributed by atoms with Crippen LogP contribution in [0.25, 0.3) is 16.9 Å². The van der Waals surface area contributed by atoms with Crippen molar-refractivity contribution in [2.75, 3.05) is 0 Å². The molecule has 0 unspecified atom stereocenters. The van der Waals surface area contributed by atoms with E-state index >= 15 is 0 Å². The molecule has 4 aromatic carbocycles. The average molecular weight is 721 g/mol. The van der Waals surface area contributed by atoms with Crippen molar-refractivity contribution in [2.24, 2.45) is 0 Å². The van der Waals surface area contributed by atoms with Crippen molar-refractivity contribution in [2.45, 2.75) is 91.8 Å². The number of unbranched alkanes of at least 4 members (excludes halogenated alkanes) is 3. The topological polar surface area (TPSA) is 43.8 Å². The van der Waals surface area contributed by atoms with Crippen molar-refractivity contribution in [3.63, 3.8) is 0 Å². The average Bonchev–Trinajstić information content (AvgIpc) is 3.45. The Kier molecular flexibility index (Phi) is 16.0. The molecule has 4 nitrogen and oxygen atoms in total. The summed E-state index contributed by atoms with van der Waals surface area (Å²) in [6.45, 7) is 7.91. The second-order valence-electron chi connectivity index (χ2n) is 11.9. The molecule has 47 heavy (non-hydrogen) atoms. The number of benzene rings is 4. The van der Waals surface area contributed by atoms with Gasteiger partial charge in [0, 0.05) is 22.8 Å². The zero-order chi connectivity index (χ0) is 33.1. The third-order valence-corrected chi connectivity index (χ3v) is 8.92. The molecule has 0 amide bonds. The first kappa shape index (κ1) is 36.4. The third-order valence-electron chi connectivity index (χ3n) is 8.10. The monoisotopic (exact) mass is 720 g/mol. The van der Waals surface area contributed by atoms with E-state index in [1.54, 1.807) is 0 Å². The molecule has 0 aromatic heterocycles. The zero-order valence-electron chi connectivity index (χ0n) is 28.3. The van der Waals surface area contributed by atoms with Crippen LogP contribution in [-0.2, 0) is 51.7 Å². The molecule has 1 aliphatic heterocycles. The van der Waals surface area contributed by atoms with Gasteiger partial charge in [-0.15, -0.1) is 0 Å². The number of allylic oxidation sites excluding steroid dienone is 2. The molecule has 5 rings (SSSR count). The summed E-state index contributed by atoms with van der Waals surface area (Å²) in [6.07, 6.45) is 12.4. The summed E-state index contributed by atoms with van der Waals surface area (Å²) in [6, 6.07) is 37.6. The van der Waals surface area contributed by atoms with Gasteiger partial charge in [0.2, 0.25) is 11.4 Å². The van der Waals surface area contributed by atoms with Crippen molar-refractivity contribution < 1.29 is 30.3 Å². The molecule has 0 radical (unpaired) electrons. The first-order chi connectivity index (χ1) is 23.1. The van der Waals surface area contributed by atoms with Crippen LogP contribution in [0.4, 0.5) is 0 Å². The van der Waals surface area contributed by atoms with Crippen LogP contribution in [0.3, 0.4) is 0 Å². The van der Waals surface area contributed by atoms with Crippen LogP contribution < -0.4 is 0 Å². The van der Waals surface area contributed by atoms with E-state index in [1.165, 1.54) is 58.2 Å². The fourth-order valence-electron chi connectivity index (χ4n) is 5.46. The maximum atomic E-state index is 11.3. The predicted octanol–water partition coefficient (Wildman–Crippen LogP) is 11.7. The van der Waals surface area contributed by atoms with Gasteiger partial charge in [-0.3, -0.25) is 0 Å². The van der Waals surface area contributed by atoms with Gasteiger partial charge in [0.25, 0.3) is 0 Å². The molecule has 0 saturated carbocycles.